The van der Waals surface area contributed by atoms with Gasteiger partial charge in [-0.2, -0.15) is 0 Å². The predicted octanol–water partition coefficient (Wildman–Crippen LogP) is 4.24. The van der Waals surface area contributed by atoms with Crippen molar-refractivity contribution in [1.29, 1.82) is 0 Å². The summed E-state index contributed by atoms with van der Waals surface area (Å²) >= 11 is 1.70. The number of hydrogen-bond donors (Lipinski definition) is 1. The number of carbonyl (C=O) groups is 1. The molecule has 0 aromatic heterocycles. The molecule has 2 nitrogen and oxygen atoms in total. The molecule has 3 heteroatoms. The molecule has 96 valence electrons. The minimum Gasteiger partial charge on any atom is -0.323 e. The molecular formula is C15H19NOS. The fourth-order valence-corrected chi connectivity index (χ4v) is 2.60. The van der Waals surface area contributed by atoms with Gasteiger partial charge in [0.1, 0.15) is 0 Å². The van der Waals surface area contributed by atoms with E-state index < -0.39 is 0 Å². The van der Waals surface area contributed by atoms with E-state index in [1.54, 1.807) is 17.8 Å². The highest BCUT2D eigenvalue weighted by Gasteiger charge is 2.07. The van der Waals surface area contributed by atoms with Crippen molar-refractivity contribution in [2.75, 3.05) is 11.6 Å². The summed E-state index contributed by atoms with van der Waals surface area (Å²) in [6, 6.07) is 7.94. The van der Waals surface area contributed by atoms with Crippen LogP contribution < -0.4 is 5.32 Å². The van der Waals surface area contributed by atoms with Crippen molar-refractivity contribution in [3.05, 3.63) is 35.9 Å². The van der Waals surface area contributed by atoms with Gasteiger partial charge in [0.2, 0.25) is 5.91 Å². The lowest BCUT2D eigenvalue weighted by Gasteiger charge is -2.13. The van der Waals surface area contributed by atoms with Crippen LogP contribution in [0.5, 0.6) is 0 Å². The van der Waals surface area contributed by atoms with Crippen LogP contribution in [0, 0.1) is 0 Å². The van der Waals surface area contributed by atoms with E-state index in [1.165, 1.54) is 29.7 Å². The Morgan fingerprint density at radius 3 is 2.44 bits per heavy atom. The predicted molar refractivity (Wildman–Crippen MR) is 78.0 cm³/mol. The van der Waals surface area contributed by atoms with E-state index in [9.17, 15) is 4.79 Å². The first kappa shape index (κ1) is 13.2. The van der Waals surface area contributed by atoms with Crippen LogP contribution in [0.3, 0.4) is 0 Å². The third kappa shape index (κ3) is 3.91. The molecule has 0 aliphatic heterocycles. The Morgan fingerprint density at radius 2 is 1.83 bits per heavy atom. The summed E-state index contributed by atoms with van der Waals surface area (Å²) in [6.07, 6.45) is 9.73. The number of thioether (sulfide) groups is 1. The Labute approximate surface area is 113 Å². The lowest BCUT2D eigenvalue weighted by molar-refractivity contribution is -0.112. The summed E-state index contributed by atoms with van der Waals surface area (Å²) in [5.74, 6) is 0.00352. The maximum atomic E-state index is 11.8. The molecule has 0 radical (unpaired) electrons. The molecule has 1 aliphatic carbocycles. The van der Waals surface area contributed by atoms with Crippen molar-refractivity contribution in [3.63, 3.8) is 0 Å². The molecule has 1 N–H and O–H groups in total. The Morgan fingerprint density at radius 1 is 1.17 bits per heavy atom. The fraction of sp³-hybridized carbons (Fsp3) is 0.400. The number of nitrogens with one attached hydrogen (secondary N) is 1. The van der Waals surface area contributed by atoms with Crippen LogP contribution in [0.4, 0.5) is 5.69 Å². The number of hydrogen-bond acceptors (Lipinski definition) is 2. The first-order valence-electron chi connectivity index (χ1n) is 6.42. The average Bonchev–Trinajstić information content (AvgIpc) is 2.40. The van der Waals surface area contributed by atoms with Gasteiger partial charge in [0.15, 0.2) is 0 Å². The molecule has 0 spiro atoms. The molecule has 0 atom stereocenters. The second-order valence-corrected chi connectivity index (χ2v) is 5.46. The van der Waals surface area contributed by atoms with Crippen LogP contribution in [-0.2, 0) is 4.79 Å². The van der Waals surface area contributed by atoms with Gasteiger partial charge in [0.25, 0.3) is 0 Å². The zero-order valence-corrected chi connectivity index (χ0v) is 11.6. The molecule has 0 bridgehead atoms. The number of benzene rings is 1. The molecule has 1 aromatic rings. The normalized spacial score (nSPS) is 15.3. The van der Waals surface area contributed by atoms with E-state index >= 15 is 0 Å². The summed E-state index contributed by atoms with van der Waals surface area (Å²) in [7, 11) is 0. The Balaban J connectivity index is 1.93. The first-order chi connectivity index (χ1) is 8.78. The molecule has 2 rings (SSSR count). The second-order valence-electron chi connectivity index (χ2n) is 4.58. The molecule has 18 heavy (non-hydrogen) atoms. The molecule has 1 aliphatic rings. The molecule has 1 fully saturated rings. The Hall–Kier alpha value is -1.22. The van der Waals surface area contributed by atoms with Gasteiger partial charge in [0.05, 0.1) is 0 Å². The number of rotatable bonds is 3. The first-order valence-corrected chi connectivity index (χ1v) is 7.65. The van der Waals surface area contributed by atoms with Crippen molar-refractivity contribution in [3.8, 4) is 0 Å². The highest BCUT2D eigenvalue weighted by Crippen LogP contribution is 2.23. The van der Waals surface area contributed by atoms with Crippen LogP contribution >= 0.6 is 11.8 Å². The summed E-state index contributed by atoms with van der Waals surface area (Å²) in [6.45, 7) is 0. The SMILES string of the molecule is CSc1ccc(NC(=O)C=C2CCCCC2)cc1. The third-order valence-electron chi connectivity index (χ3n) is 3.19. The maximum Gasteiger partial charge on any atom is 0.248 e. The number of carbonyl (C=O) groups excluding carboxylic acids is 1. The van der Waals surface area contributed by atoms with Crippen molar-refractivity contribution in [2.24, 2.45) is 0 Å². The summed E-state index contributed by atoms with van der Waals surface area (Å²) in [4.78, 5) is 13.0. The molecule has 0 unspecified atom stereocenters. The van der Waals surface area contributed by atoms with E-state index in [0.29, 0.717) is 0 Å². The molecule has 1 saturated carbocycles. The summed E-state index contributed by atoms with van der Waals surface area (Å²) < 4.78 is 0. The van der Waals surface area contributed by atoms with Gasteiger partial charge in [-0.15, -0.1) is 11.8 Å². The third-order valence-corrected chi connectivity index (χ3v) is 3.93. The van der Waals surface area contributed by atoms with Gasteiger partial charge in [-0.05, 0) is 56.2 Å². The highest BCUT2D eigenvalue weighted by atomic mass is 32.2. The van der Waals surface area contributed by atoms with E-state index in [1.807, 2.05) is 30.5 Å². The van der Waals surface area contributed by atoms with Crippen LogP contribution in [0.15, 0.2) is 40.8 Å². The second kappa shape index (κ2) is 6.64. The number of amides is 1. The molecule has 1 aromatic carbocycles. The van der Waals surface area contributed by atoms with E-state index in [4.69, 9.17) is 0 Å². The number of allylic oxidation sites excluding steroid dienone is 1. The minimum absolute atomic E-state index is 0.00352. The van der Waals surface area contributed by atoms with Gasteiger partial charge in [0, 0.05) is 16.7 Å². The average molecular weight is 261 g/mol. The quantitative estimate of drug-likeness (QED) is 0.651. The lowest BCUT2D eigenvalue weighted by Crippen LogP contribution is -2.09. The maximum absolute atomic E-state index is 11.8. The van der Waals surface area contributed by atoms with Crippen molar-refractivity contribution < 1.29 is 4.79 Å². The molecule has 1 amide bonds. The van der Waals surface area contributed by atoms with E-state index in [2.05, 4.69) is 5.32 Å². The van der Waals surface area contributed by atoms with Gasteiger partial charge in [-0.1, -0.05) is 12.0 Å². The van der Waals surface area contributed by atoms with Crippen molar-refractivity contribution in [2.45, 2.75) is 37.0 Å². The zero-order chi connectivity index (χ0) is 12.8. The van der Waals surface area contributed by atoms with E-state index in [0.717, 1.165) is 18.5 Å². The summed E-state index contributed by atoms with van der Waals surface area (Å²) in [5.41, 5.74) is 2.16. The highest BCUT2D eigenvalue weighted by molar-refractivity contribution is 7.98. The van der Waals surface area contributed by atoms with Crippen molar-refractivity contribution in [1.82, 2.24) is 0 Å². The van der Waals surface area contributed by atoms with Gasteiger partial charge in [-0.25, -0.2) is 0 Å². The van der Waals surface area contributed by atoms with E-state index in [-0.39, 0.29) is 5.91 Å². The van der Waals surface area contributed by atoms with Crippen LogP contribution in [-0.4, -0.2) is 12.2 Å². The smallest absolute Gasteiger partial charge is 0.248 e. The Kier molecular flexibility index (Phi) is 4.88. The topological polar surface area (TPSA) is 29.1 Å². The van der Waals surface area contributed by atoms with Crippen molar-refractivity contribution >= 4 is 23.4 Å². The standard InChI is InChI=1S/C15H19NOS/c1-18-14-9-7-13(8-10-14)16-15(17)11-12-5-3-2-4-6-12/h7-11H,2-6H2,1H3,(H,16,17). The summed E-state index contributed by atoms with van der Waals surface area (Å²) in [5, 5.41) is 2.92. The monoisotopic (exact) mass is 261 g/mol. The molecule has 0 saturated heterocycles. The number of anilines is 1. The van der Waals surface area contributed by atoms with Gasteiger partial charge >= 0.3 is 0 Å². The van der Waals surface area contributed by atoms with Gasteiger partial charge < -0.3 is 5.32 Å². The van der Waals surface area contributed by atoms with Crippen LogP contribution in [0.2, 0.25) is 0 Å². The van der Waals surface area contributed by atoms with Crippen LogP contribution in [0.1, 0.15) is 32.1 Å². The Bertz CT molecular complexity index is 428. The molecular weight excluding hydrogens is 242 g/mol. The zero-order valence-electron chi connectivity index (χ0n) is 10.7. The minimum atomic E-state index is 0.00352. The largest absolute Gasteiger partial charge is 0.323 e. The van der Waals surface area contributed by atoms with Gasteiger partial charge in [-0.3, -0.25) is 4.79 Å². The molecule has 0 heterocycles. The van der Waals surface area contributed by atoms with Crippen LogP contribution in [0.25, 0.3) is 0 Å². The lowest BCUT2D eigenvalue weighted by atomic mass is 9.94. The fourth-order valence-electron chi connectivity index (χ4n) is 2.19.